The molecule has 2 aromatic rings. The van der Waals surface area contributed by atoms with Crippen LogP contribution in [0.25, 0.3) is 0 Å². The number of nitriles is 1. The third-order valence-electron chi connectivity index (χ3n) is 2.51. The van der Waals surface area contributed by atoms with E-state index in [4.69, 9.17) is 21.5 Å². The number of ether oxygens (including phenoxy) is 1. The molecular weight excluding hydrogens is 274 g/mol. The Labute approximate surface area is 120 Å². The largest absolute Gasteiger partial charge is 0.496 e. The number of benzene rings is 1. The summed E-state index contributed by atoms with van der Waals surface area (Å²) in [6.07, 6.45) is 0. The van der Waals surface area contributed by atoms with Gasteiger partial charge >= 0.3 is 0 Å². The molecule has 0 spiro atoms. The minimum atomic E-state index is 0.331. The van der Waals surface area contributed by atoms with Crippen LogP contribution in [0, 0.1) is 11.3 Å². The van der Waals surface area contributed by atoms with E-state index in [1.165, 1.54) is 17.8 Å². The van der Waals surface area contributed by atoms with Gasteiger partial charge in [0, 0.05) is 17.4 Å². The van der Waals surface area contributed by atoms with Gasteiger partial charge in [0.2, 0.25) is 0 Å². The third-order valence-corrected chi connectivity index (χ3v) is 3.41. The van der Waals surface area contributed by atoms with Gasteiger partial charge in [-0.25, -0.2) is 9.97 Å². The molecule has 2 rings (SSSR count). The van der Waals surface area contributed by atoms with Gasteiger partial charge in [0.1, 0.15) is 17.4 Å². The summed E-state index contributed by atoms with van der Waals surface area (Å²) in [5.41, 5.74) is 12.7. The summed E-state index contributed by atoms with van der Waals surface area (Å²) in [4.78, 5) is 8.18. The summed E-state index contributed by atoms with van der Waals surface area (Å²) in [6, 6.07) is 8.86. The molecular formula is C13H13N5OS. The summed E-state index contributed by atoms with van der Waals surface area (Å²) in [6.45, 7) is 0. The number of hydrogen-bond donors (Lipinski definition) is 2. The molecule has 7 heteroatoms. The molecule has 1 heterocycles. The molecule has 102 valence electrons. The first kappa shape index (κ1) is 14.0. The van der Waals surface area contributed by atoms with Crippen LogP contribution in [-0.4, -0.2) is 17.1 Å². The van der Waals surface area contributed by atoms with E-state index in [1.54, 1.807) is 25.3 Å². The number of aromatic nitrogens is 2. The topological polar surface area (TPSA) is 111 Å². The van der Waals surface area contributed by atoms with Crippen LogP contribution in [-0.2, 0) is 5.75 Å². The van der Waals surface area contributed by atoms with Crippen LogP contribution in [0.15, 0.2) is 29.4 Å². The van der Waals surface area contributed by atoms with E-state index in [0.717, 1.165) is 5.56 Å². The maximum absolute atomic E-state index is 8.93. The van der Waals surface area contributed by atoms with E-state index in [1.807, 2.05) is 0 Å². The van der Waals surface area contributed by atoms with Gasteiger partial charge < -0.3 is 16.2 Å². The second kappa shape index (κ2) is 6.12. The van der Waals surface area contributed by atoms with Crippen LogP contribution in [0.2, 0.25) is 0 Å². The Kier molecular flexibility index (Phi) is 4.27. The number of methoxy groups -OCH3 is 1. The van der Waals surface area contributed by atoms with E-state index in [-0.39, 0.29) is 0 Å². The Morgan fingerprint density at radius 2 is 1.95 bits per heavy atom. The number of rotatable bonds is 4. The van der Waals surface area contributed by atoms with Crippen molar-refractivity contribution in [2.45, 2.75) is 10.9 Å². The van der Waals surface area contributed by atoms with Gasteiger partial charge in [0.05, 0.1) is 18.7 Å². The van der Waals surface area contributed by atoms with Gasteiger partial charge in [-0.05, 0) is 18.2 Å². The van der Waals surface area contributed by atoms with Crippen LogP contribution in [0.4, 0.5) is 11.6 Å². The maximum Gasteiger partial charge on any atom is 0.191 e. The number of nitrogens with zero attached hydrogens (tertiary/aromatic N) is 3. The Morgan fingerprint density at radius 3 is 2.55 bits per heavy atom. The lowest BCUT2D eigenvalue weighted by Gasteiger charge is -2.08. The van der Waals surface area contributed by atoms with E-state index in [0.29, 0.717) is 33.9 Å². The Morgan fingerprint density at radius 1 is 1.25 bits per heavy atom. The van der Waals surface area contributed by atoms with Crippen molar-refractivity contribution in [3.05, 3.63) is 35.4 Å². The molecule has 1 aromatic heterocycles. The minimum Gasteiger partial charge on any atom is -0.496 e. The number of thioether (sulfide) groups is 1. The summed E-state index contributed by atoms with van der Waals surface area (Å²) in [7, 11) is 1.59. The third kappa shape index (κ3) is 3.30. The van der Waals surface area contributed by atoms with Crippen molar-refractivity contribution in [3.63, 3.8) is 0 Å². The molecule has 0 aliphatic rings. The van der Waals surface area contributed by atoms with Crippen LogP contribution >= 0.6 is 11.8 Å². The summed E-state index contributed by atoms with van der Waals surface area (Å²) < 4.78 is 5.27. The Bertz CT molecular complexity index is 648. The van der Waals surface area contributed by atoms with Crippen molar-refractivity contribution >= 4 is 23.4 Å². The molecule has 0 aliphatic carbocycles. The van der Waals surface area contributed by atoms with Gasteiger partial charge in [0.15, 0.2) is 5.16 Å². The number of nitrogen functional groups attached to an aromatic ring is 2. The van der Waals surface area contributed by atoms with Crippen LogP contribution in [0.1, 0.15) is 11.1 Å². The molecule has 6 nitrogen and oxygen atoms in total. The first-order valence-corrected chi connectivity index (χ1v) is 6.71. The van der Waals surface area contributed by atoms with Crippen molar-refractivity contribution in [2.24, 2.45) is 0 Å². The fourth-order valence-corrected chi connectivity index (χ4v) is 2.48. The fraction of sp³-hybridized carbons (Fsp3) is 0.154. The highest BCUT2D eigenvalue weighted by atomic mass is 32.2. The molecule has 0 fully saturated rings. The first-order chi connectivity index (χ1) is 9.62. The molecule has 0 amide bonds. The van der Waals surface area contributed by atoms with Gasteiger partial charge in [-0.1, -0.05) is 11.8 Å². The number of anilines is 2. The number of hydrogen-bond acceptors (Lipinski definition) is 7. The van der Waals surface area contributed by atoms with Gasteiger partial charge in [-0.15, -0.1) is 0 Å². The van der Waals surface area contributed by atoms with Crippen LogP contribution in [0.3, 0.4) is 0 Å². The average Bonchev–Trinajstić information content (AvgIpc) is 2.43. The smallest absolute Gasteiger partial charge is 0.191 e. The molecule has 4 N–H and O–H groups in total. The molecule has 0 saturated heterocycles. The highest BCUT2D eigenvalue weighted by molar-refractivity contribution is 7.98. The first-order valence-electron chi connectivity index (χ1n) is 5.72. The molecule has 0 saturated carbocycles. The Hall–Kier alpha value is -2.46. The second-order valence-electron chi connectivity index (χ2n) is 3.93. The lowest BCUT2D eigenvalue weighted by Crippen LogP contribution is -1.99. The van der Waals surface area contributed by atoms with Gasteiger partial charge in [0.25, 0.3) is 0 Å². The molecule has 0 aliphatic heterocycles. The second-order valence-corrected chi connectivity index (χ2v) is 4.87. The normalized spacial score (nSPS) is 10.0. The fourth-order valence-electron chi connectivity index (χ4n) is 1.63. The van der Waals surface area contributed by atoms with E-state index in [2.05, 4.69) is 16.0 Å². The zero-order valence-electron chi connectivity index (χ0n) is 10.8. The summed E-state index contributed by atoms with van der Waals surface area (Å²) in [5.74, 6) is 1.94. The van der Waals surface area contributed by atoms with E-state index in [9.17, 15) is 0 Å². The zero-order chi connectivity index (χ0) is 14.5. The van der Waals surface area contributed by atoms with Crippen molar-refractivity contribution in [1.82, 2.24) is 9.97 Å². The standard InChI is InChI=1S/C13H13N5OS/c1-19-10-3-2-8(6-14)4-9(10)7-20-13-17-11(15)5-12(16)18-13/h2-5H,7H2,1H3,(H4,15,16,17,18). The van der Waals surface area contributed by atoms with Gasteiger partial charge in [-0.3, -0.25) is 0 Å². The zero-order valence-corrected chi connectivity index (χ0v) is 11.6. The van der Waals surface area contributed by atoms with E-state index < -0.39 is 0 Å². The number of nitrogens with two attached hydrogens (primary N) is 2. The van der Waals surface area contributed by atoms with Crippen molar-refractivity contribution in [2.75, 3.05) is 18.6 Å². The maximum atomic E-state index is 8.93. The monoisotopic (exact) mass is 287 g/mol. The SMILES string of the molecule is COc1ccc(C#N)cc1CSc1nc(N)cc(N)n1. The average molecular weight is 287 g/mol. The highest BCUT2D eigenvalue weighted by Crippen LogP contribution is 2.27. The molecule has 20 heavy (non-hydrogen) atoms. The van der Waals surface area contributed by atoms with Crippen molar-refractivity contribution in [1.29, 1.82) is 5.26 Å². The van der Waals surface area contributed by atoms with Crippen LogP contribution < -0.4 is 16.2 Å². The molecule has 0 radical (unpaired) electrons. The minimum absolute atomic E-state index is 0.331. The highest BCUT2D eigenvalue weighted by Gasteiger charge is 2.08. The predicted octanol–water partition coefficient (Wildman–Crippen LogP) is 1.81. The predicted molar refractivity (Wildman–Crippen MR) is 78.1 cm³/mol. The van der Waals surface area contributed by atoms with Crippen molar-refractivity contribution < 1.29 is 4.74 Å². The van der Waals surface area contributed by atoms with Crippen molar-refractivity contribution in [3.8, 4) is 11.8 Å². The molecule has 0 unspecified atom stereocenters. The lowest BCUT2D eigenvalue weighted by atomic mass is 10.1. The Balaban J connectivity index is 2.19. The molecule has 1 aromatic carbocycles. The molecule has 0 bridgehead atoms. The van der Waals surface area contributed by atoms with Gasteiger partial charge in [-0.2, -0.15) is 5.26 Å². The van der Waals surface area contributed by atoms with E-state index >= 15 is 0 Å². The quantitative estimate of drug-likeness (QED) is 0.651. The summed E-state index contributed by atoms with van der Waals surface area (Å²) >= 11 is 1.38. The van der Waals surface area contributed by atoms with Crippen LogP contribution in [0.5, 0.6) is 5.75 Å². The lowest BCUT2D eigenvalue weighted by molar-refractivity contribution is 0.411. The summed E-state index contributed by atoms with van der Waals surface area (Å²) in [5, 5.41) is 9.42. The molecule has 0 atom stereocenters.